The zero-order chi connectivity index (χ0) is 12.8. The molecule has 17 heavy (non-hydrogen) atoms. The summed E-state index contributed by atoms with van der Waals surface area (Å²) in [5.74, 6) is -0.224. The van der Waals surface area contributed by atoms with E-state index in [0.29, 0.717) is 11.1 Å². The van der Waals surface area contributed by atoms with Crippen molar-refractivity contribution < 1.29 is 14.3 Å². The third-order valence-corrected chi connectivity index (χ3v) is 2.76. The van der Waals surface area contributed by atoms with Crippen molar-refractivity contribution in [3.05, 3.63) is 35.4 Å². The first-order chi connectivity index (χ1) is 8.10. The molecule has 0 aliphatic carbocycles. The number of carbonyl (C=O) groups is 2. The summed E-state index contributed by atoms with van der Waals surface area (Å²) in [5, 5.41) is 0. The normalized spacial score (nSPS) is 11.9. The van der Waals surface area contributed by atoms with Gasteiger partial charge in [-0.25, -0.2) is 4.79 Å². The van der Waals surface area contributed by atoms with Crippen molar-refractivity contribution in [1.29, 1.82) is 0 Å². The lowest BCUT2D eigenvalue weighted by Crippen LogP contribution is -2.11. The molecule has 1 aromatic rings. The summed E-state index contributed by atoms with van der Waals surface area (Å²) in [5.41, 5.74) is 1.12. The molecule has 0 spiro atoms. The van der Waals surface area contributed by atoms with Gasteiger partial charge in [-0.2, -0.15) is 0 Å². The van der Waals surface area contributed by atoms with E-state index < -0.39 is 0 Å². The Morgan fingerprint density at radius 2 is 1.71 bits per heavy atom. The molecule has 0 fully saturated rings. The quantitative estimate of drug-likeness (QED) is 0.581. The van der Waals surface area contributed by atoms with E-state index in [4.69, 9.17) is 0 Å². The first-order valence-corrected chi connectivity index (χ1v) is 5.82. The fourth-order valence-corrected chi connectivity index (χ4v) is 1.74. The number of carbonyl (C=O) groups excluding carboxylic acids is 2. The van der Waals surface area contributed by atoms with Gasteiger partial charge in [0.2, 0.25) is 0 Å². The average molecular weight is 234 g/mol. The smallest absolute Gasteiger partial charge is 0.337 e. The van der Waals surface area contributed by atoms with Gasteiger partial charge in [-0.15, -0.1) is 0 Å². The van der Waals surface area contributed by atoms with Gasteiger partial charge < -0.3 is 4.74 Å². The maximum atomic E-state index is 12.0. The molecule has 1 rings (SSSR count). The highest BCUT2D eigenvalue weighted by Gasteiger charge is 2.14. The highest BCUT2D eigenvalue weighted by atomic mass is 16.5. The van der Waals surface area contributed by atoms with Crippen LogP contribution in [0.4, 0.5) is 0 Å². The molecular formula is C14H18O3. The van der Waals surface area contributed by atoms with Crippen LogP contribution in [0.15, 0.2) is 24.3 Å². The predicted molar refractivity (Wildman–Crippen MR) is 66.2 cm³/mol. The lowest BCUT2D eigenvalue weighted by atomic mass is 9.95. The summed E-state index contributed by atoms with van der Waals surface area (Å²) in [4.78, 5) is 23.2. The standard InChI is InChI=1S/C14H18O3/c1-4-5-10(2)13(15)11-6-8-12(9-7-11)14(16)17-3/h6-10H,4-5H2,1-3H3. The Labute approximate surface area is 102 Å². The number of ketones is 1. The van der Waals surface area contributed by atoms with Crippen LogP contribution in [0.3, 0.4) is 0 Å². The van der Waals surface area contributed by atoms with E-state index in [1.807, 2.05) is 6.92 Å². The lowest BCUT2D eigenvalue weighted by molar-refractivity contribution is 0.0600. The molecule has 0 amide bonds. The zero-order valence-electron chi connectivity index (χ0n) is 10.5. The minimum absolute atomic E-state index is 0.0315. The predicted octanol–water partition coefficient (Wildman–Crippen LogP) is 3.09. The fraction of sp³-hybridized carbons (Fsp3) is 0.429. The van der Waals surface area contributed by atoms with Gasteiger partial charge in [0.05, 0.1) is 12.7 Å². The molecule has 3 heteroatoms. The molecule has 0 heterocycles. The third kappa shape index (κ3) is 3.41. The molecule has 0 saturated heterocycles. The highest BCUT2D eigenvalue weighted by Crippen LogP contribution is 2.14. The van der Waals surface area contributed by atoms with Crippen molar-refractivity contribution in [2.24, 2.45) is 5.92 Å². The van der Waals surface area contributed by atoms with Gasteiger partial charge in [-0.05, 0) is 18.6 Å². The molecule has 0 aliphatic heterocycles. The highest BCUT2D eigenvalue weighted by molar-refractivity contribution is 5.98. The first-order valence-electron chi connectivity index (χ1n) is 5.82. The summed E-state index contributed by atoms with van der Waals surface area (Å²) in [6.07, 6.45) is 1.88. The van der Waals surface area contributed by atoms with E-state index in [2.05, 4.69) is 11.7 Å². The monoisotopic (exact) mass is 234 g/mol. The maximum Gasteiger partial charge on any atom is 0.337 e. The summed E-state index contributed by atoms with van der Waals surface area (Å²) in [6.45, 7) is 3.99. The SMILES string of the molecule is CCCC(C)C(=O)c1ccc(C(=O)OC)cc1. The molecule has 0 aromatic heterocycles. The van der Waals surface area contributed by atoms with E-state index in [1.165, 1.54) is 7.11 Å². The molecule has 0 N–H and O–H groups in total. The Morgan fingerprint density at radius 3 is 2.18 bits per heavy atom. The minimum Gasteiger partial charge on any atom is -0.465 e. The lowest BCUT2D eigenvalue weighted by Gasteiger charge is -2.09. The van der Waals surface area contributed by atoms with Crippen LogP contribution < -0.4 is 0 Å². The van der Waals surface area contributed by atoms with E-state index in [9.17, 15) is 9.59 Å². The van der Waals surface area contributed by atoms with Crippen molar-refractivity contribution in [2.75, 3.05) is 7.11 Å². The molecule has 0 aliphatic rings. The number of esters is 1. The van der Waals surface area contributed by atoms with Crippen LogP contribution in [0.5, 0.6) is 0 Å². The van der Waals surface area contributed by atoms with Crippen molar-refractivity contribution in [2.45, 2.75) is 26.7 Å². The van der Waals surface area contributed by atoms with Gasteiger partial charge in [0.1, 0.15) is 0 Å². The molecule has 1 atom stereocenters. The van der Waals surface area contributed by atoms with Crippen LogP contribution in [0.1, 0.15) is 47.4 Å². The van der Waals surface area contributed by atoms with Crippen LogP contribution in [0, 0.1) is 5.92 Å². The second kappa shape index (κ2) is 6.18. The van der Waals surface area contributed by atoms with Gasteiger partial charge >= 0.3 is 5.97 Å². The van der Waals surface area contributed by atoms with Crippen LogP contribution in [0.25, 0.3) is 0 Å². The fourth-order valence-electron chi connectivity index (χ4n) is 1.74. The van der Waals surface area contributed by atoms with Crippen molar-refractivity contribution >= 4 is 11.8 Å². The largest absolute Gasteiger partial charge is 0.465 e. The summed E-state index contributed by atoms with van der Waals surface area (Å²) in [6, 6.07) is 6.61. The number of methoxy groups -OCH3 is 1. The minimum atomic E-state index is -0.384. The summed E-state index contributed by atoms with van der Waals surface area (Å²) in [7, 11) is 1.34. The van der Waals surface area contributed by atoms with Crippen molar-refractivity contribution in [1.82, 2.24) is 0 Å². The van der Waals surface area contributed by atoms with E-state index in [1.54, 1.807) is 24.3 Å². The van der Waals surface area contributed by atoms with Crippen LogP contribution in [-0.4, -0.2) is 18.9 Å². The number of hydrogen-bond acceptors (Lipinski definition) is 3. The molecule has 0 bridgehead atoms. The van der Waals surface area contributed by atoms with E-state index in [0.717, 1.165) is 12.8 Å². The third-order valence-electron chi connectivity index (χ3n) is 2.76. The summed E-state index contributed by atoms with van der Waals surface area (Å²) < 4.78 is 4.60. The van der Waals surface area contributed by atoms with Gasteiger partial charge in [0.25, 0.3) is 0 Å². The Kier molecular flexibility index (Phi) is 4.88. The Bertz CT molecular complexity index is 392. The first kappa shape index (κ1) is 13.4. The molecule has 0 radical (unpaired) electrons. The van der Waals surface area contributed by atoms with Crippen LogP contribution in [-0.2, 0) is 4.74 Å². The molecule has 3 nitrogen and oxygen atoms in total. The van der Waals surface area contributed by atoms with Crippen molar-refractivity contribution in [3.63, 3.8) is 0 Å². The molecule has 0 saturated carbocycles. The number of Topliss-reactive ketones (excluding diaryl/α,β-unsaturated/α-hetero) is 1. The van der Waals surface area contributed by atoms with Crippen LogP contribution >= 0.6 is 0 Å². The van der Waals surface area contributed by atoms with Gasteiger partial charge in [0, 0.05) is 11.5 Å². The summed E-state index contributed by atoms with van der Waals surface area (Å²) >= 11 is 0. The Morgan fingerprint density at radius 1 is 1.18 bits per heavy atom. The Hall–Kier alpha value is -1.64. The van der Waals surface area contributed by atoms with E-state index >= 15 is 0 Å². The maximum absolute atomic E-state index is 12.0. The topological polar surface area (TPSA) is 43.4 Å². The molecular weight excluding hydrogens is 216 g/mol. The van der Waals surface area contributed by atoms with Gasteiger partial charge in [-0.1, -0.05) is 32.4 Å². The number of rotatable bonds is 5. The average Bonchev–Trinajstić information content (AvgIpc) is 2.37. The van der Waals surface area contributed by atoms with Gasteiger partial charge in [0.15, 0.2) is 5.78 Å². The van der Waals surface area contributed by atoms with Crippen molar-refractivity contribution in [3.8, 4) is 0 Å². The molecule has 92 valence electrons. The zero-order valence-corrected chi connectivity index (χ0v) is 10.5. The number of hydrogen-bond donors (Lipinski definition) is 0. The Balaban J connectivity index is 2.80. The van der Waals surface area contributed by atoms with Gasteiger partial charge in [-0.3, -0.25) is 4.79 Å². The van der Waals surface area contributed by atoms with Crippen LogP contribution in [0.2, 0.25) is 0 Å². The molecule has 1 aromatic carbocycles. The second-order valence-electron chi connectivity index (χ2n) is 4.12. The second-order valence-corrected chi connectivity index (χ2v) is 4.12. The number of ether oxygens (including phenoxy) is 1. The number of benzene rings is 1. The van der Waals surface area contributed by atoms with E-state index in [-0.39, 0.29) is 17.7 Å². The molecule has 1 unspecified atom stereocenters.